The van der Waals surface area contributed by atoms with Crippen molar-refractivity contribution in [2.24, 2.45) is 7.05 Å². The molecule has 1 heterocycles. The van der Waals surface area contributed by atoms with Crippen LogP contribution in [0, 0.1) is 0 Å². The third-order valence-electron chi connectivity index (χ3n) is 2.72. The topological polar surface area (TPSA) is 47.3 Å². The summed E-state index contributed by atoms with van der Waals surface area (Å²) in [6.45, 7) is -2.86. The average Bonchev–Trinajstić information content (AvgIpc) is 2.78. The number of halogens is 2. The second-order valence-corrected chi connectivity index (χ2v) is 5.00. The number of aromatic nitrogens is 2. The van der Waals surface area contributed by atoms with Crippen molar-refractivity contribution >= 4 is 11.8 Å². The van der Waals surface area contributed by atoms with Gasteiger partial charge in [0.25, 0.3) is 0 Å². The van der Waals surface area contributed by atoms with E-state index in [0.717, 1.165) is 16.4 Å². The number of aliphatic hydroxyl groups excluding tert-OH is 1. The maximum absolute atomic E-state index is 12.0. The zero-order valence-corrected chi connectivity index (χ0v) is 11.6. The monoisotopic (exact) mass is 300 g/mol. The Morgan fingerprint density at radius 1 is 1.35 bits per heavy atom. The van der Waals surface area contributed by atoms with E-state index >= 15 is 0 Å². The molecular weight excluding hydrogens is 286 g/mol. The summed E-state index contributed by atoms with van der Waals surface area (Å²) in [6.07, 6.45) is 1.63. The van der Waals surface area contributed by atoms with Crippen LogP contribution in [0.3, 0.4) is 0 Å². The number of rotatable bonds is 6. The molecule has 0 spiro atoms. The fraction of sp³-hybridized carbons (Fsp3) is 0.308. The average molecular weight is 300 g/mol. The highest BCUT2D eigenvalue weighted by Crippen LogP contribution is 2.23. The van der Waals surface area contributed by atoms with Gasteiger partial charge in [-0.15, -0.1) is 0 Å². The van der Waals surface area contributed by atoms with E-state index in [2.05, 4.69) is 9.72 Å². The minimum Gasteiger partial charge on any atom is -0.435 e. The van der Waals surface area contributed by atoms with E-state index in [0.29, 0.717) is 5.75 Å². The molecule has 0 amide bonds. The number of hydrogen-bond donors (Lipinski definition) is 1. The lowest BCUT2D eigenvalue weighted by Crippen LogP contribution is -2.01. The Morgan fingerprint density at radius 2 is 2.05 bits per heavy atom. The van der Waals surface area contributed by atoms with Gasteiger partial charge in [0, 0.05) is 12.8 Å². The molecule has 1 N–H and O–H groups in total. The quantitative estimate of drug-likeness (QED) is 0.833. The zero-order valence-electron chi connectivity index (χ0n) is 10.8. The van der Waals surface area contributed by atoms with Gasteiger partial charge in [-0.1, -0.05) is 23.9 Å². The van der Waals surface area contributed by atoms with Gasteiger partial charge >= 0.3 is 6.61 Å². The Hall–Kier alpha value is -1.60. The van der Waals surface area contributed by atoms with Crippen LogP contribution in [0.1, 0.15) is 11.3 Å². The molecular formula is C13H14F2N2O2S. The highest BCUT2D eigenvalue weighted by atomic mass is 32.2. The van der Waals surface area contributed by atoms with Crippen LogP contribution in [0.25, 0.3) is 0 Å². The van der Waals surface area contributed by atoms with E-state index in [-0.39, 0.29) is 12.4 Å². The van der Waals surface area contributed by atoms with Crippen LogP contribution in [0.15, 0.2) is 35.6 Å². The first-order valence-electron chi connectivity index (χ1n) is 5.88. The Morgan fingerprint density at radius 3 is 2.60 bits per heavy atom. The number of imidazole rings is 1. The van der Waals surface area contributed by atoms with Crippen molar-refractivity contribution in [3.8, 4) is 5.75 Å². The molecule has 108 valence electrons. The van der Waals surface area contributed by atoms with Gasteiger partial charge in [0.2, 0.25) is 0 Å². The third kappa shape index (κ3) is 3.71. The maximum atomic E-state index is 12.0. The van der Waals surface area contributed by atoms with E-state index < -0.39 is 6.61 Å². The van der Waals surface area contributed by atoms with Crippen molar-refractivity contribution in [3.05, 3.63) is 41.7 Å². The highest BCUT2D eigenvalue weighted by molar-refractivity contribution is 7.98. The fourth-order valence-corrected chi connectivity index (χ4v) is 2.55. The van der Waals surface area contributed by atoms with Crippen molar-refractivity contribution in [2.45, 2.75) is 24.1 Å². The van der Waals surface area contributed by atoms with Crippen LogP contribution in [0.4, 0.5) is 8.78 Å². The van der Waals surface area contributed by atoms with Crippen LogP contribution in [-0.4, -0.2) is 21.3 Å². The van der Waals surface area contributed by atoms with E-state index in [1.165, 1.54) is 23.9 Å². The lowest BCUT2D eigenvalue weighted by atomic mass is 10.2. The molecule has 0 fully saturated rings. The molecule has 0 atom stereocenters. The number of thioether (sulfide) groups is 1. The second kappa shape index (κ2) is 6.71. The summed E-state index contributed by atoms with van der Waals surface area (Å²) in [7, 11) is 1.83. The van der Waals surface area contributed by atoms with E-state index in [1.807, 2.05) is 11.6 Å². The molecule has 20 heavy (non-hydrogen) atoms. The van der Waals surface area contributed by atoms with Crippen molar-refractivity contribution < 1.29 is 18.6 Å². The van der Waals surface area contributed by atoms with Crippen molar-refractivity contribution in [3.63, 3.8) is 0 Å². The number of hydrogen-bond acceptors (Lipinski definition) is 4. The molecule has 0 radical (unpaired) electrons. The molecule has 2 rings (SSSR count). The van der Waals surface area contributed by atoms with Gasteiger partial charge in [-0.3, -0.25) is 0 Å². The van der Waals surface area contributed by atoms with Crippen molar-refractivity contribution in [2.75, 3.05) is 0 Å². The van der Waals surface area contributed by atoms with Crippen LogP contribution in [0.5, 0.6) is 5.75 Å². The highest BCUT2D eigenvalue weighted by Gasteiger charge is 2.07. The number of alkyl halides is 2. The van der Waals surface area contributed by atoms with Gasteiger partial charge in [-0.2, -0.15) is 8.78 Å². The molecule has 0 aliphatic heterocycles. The Balaban J connectivity index is 1.95. The lowest BCUT2D eigenvalue weighted by Gasteiger charge is -2.06. The van der Waals surface area contributed by atoms with E-state index in [4.69, 9.17) is 5.11 Å². The summed E-state index contributed by atoms with van der Waals surface area (Å²) in [5.41, 5.74) is 1.72. The van der Waals surface area contributed by atoms with Crippen molar-refractivity contribution in [1.82, 2.24) is 9.55 Å². The summed E-state index contributed by atoms with van der Waals surface area (Å²) in [5.74, 6) is 0.804. The summed E-state index contributed by atoms with van der Waals surface area (Å²) in [5, 5.41) is 9.87. The van der Waals surface area contributed by atoms with E-state index in [1.54, 1.807) is 18.3 Å². The molecule has 4 nitrogen and oxygen atoms in total. The zero-order chi connectivity index (χ0) is 14.5. The first-order valence-corrected chi connectivity index (χ1v) is 6.86. The van der Waals surface area contributed by atoms with Gasteiger partial charge in [-0.05, 0) is 17.7 Å². The standard InChI is InChI=1S/C13H14F2N2O2S/c1-17-10(7-18)6-16-13(17)20-8-9-2-4-11(5-3-9)19-12(14)15/h2-6,12,18H,7-8H2,1H3. The molecule has 0 saturated heterocycles. The second-order valence-electron chi connectivity index (χ2n) is 4.06. The molecule has 1 aromatic heterocycles. The van der Waals surface area contributed by atoms with Gasteiger partial charge in [0.15, 0.2) is 5.16 Å². The molecule has 0 bridgehead atoms. The molecule has 0 unspecified atom stereocenters. The van der Waals surface area contributed by atoms with Crippen LogP contribution < -0.4 is 4.74 Å². The summed E-state index contributed by atoms with van der Waals surface area (Å²) in [6, 6.07) is 6.50. The Bertz CT molecular complexity index is 558. The van der Waals surface area contributed by atoms with Crippen LogP contribution >= 0.6 is 11.8 Å². The number of aliphatic hydroxyl groups is 1. The Kier molecular flexibility index (Phi) is 4.97. The Labute approximate surface area is 119 Å². The fourth-order valence-electron chi connectivity index (χ4n) is 1.62. The minimum absolute atomic E-state index is 0.0519. The normalized spacial score (nSPS) is 11.1. The maximum Gasteiger partial charge on any atom is 0.387 e. The molecule has 0 saturated carbocycles. The minimum atomic E-state index is -2.81. The third-order valence-corrected chi connectivity index (χ3v) is 3.84. The first kappa shape index (κ1) is 14.8. The predicted molar refractivity (Wildman–Crippen MR) is 71.8 cm³/mol. The van der Waals surface area contributed by atoms with E-state index in [9.17, 15) is 8.78 Å². The molecule has 1 aromatic carbocycles. The lowest BCUT2D eigenvalue weighted by molar-refractivity contribution is -0.0498. The molecule has 0 aliphatic rings. The van der Waals surface area contributed by atoms with Crippen molar-refractivity contribution in [1.29, 1.82) is 0 Å². The molecule has 0 aliphatic carbocycles. The first-order chi connectivity index (χ1) is 9.60. The summed E-state index contributed by atoms with van der Waals surface area (Å²) in [4.78, 5) is 4.20. The van der Waals surface area contributed by atoms with Crippen LogP contribution in [0.2, 0.25) is 0 Å². The van der Waals surface area contributed by atoms with Gasteiger partial charge < -0.3 is 14.4 Å². The molecule has 7 heteroatoms. The number of benzene rings is 1. The predicted octanol–water partition coefficient (Wildman–Crippen LogP) is 2.81. The SMILES string of the molecule is Cn1c(CO)cnc1SCc1ccc(OC(F)F)cc1. The van der Waals surface area contributed by atoms with Gasteiger partial charge in [0.05, 0.1) is 18.5 Å². The smallest absolute Gasteiger partial charge is 0.387 e. The molecule has 2 aromatic rings. The number of nitrogens with zero attached hydrogens (tertiary/aromatic N) is 2. The summed E-state index contributed by atoms with van der Waals surface area (Å²) < 4.78 is 30.1. The summed E-state index contributed by atoms with van der Waals surface area (Å²) >= 11 is 1.51. The van der Waals surface area contributed by atoms with Gasteiger partial charge in [-0.25, -0.2) is 4.98 Å². The number of ether oxygens (including phenoxy) is 1. The van der Waals surface area contributed by atoms with Crippen LogP contribution in [-0.2, 0) is 19.4 Å². The van der Waals surface area contributed by atoms with Gasteiger partial charge in [0.1, 0.15) is 5.75 Å². The largest absolute Gasteiger partial charge is 0.435 e.